The first-order valence-corrected chi connectivity index (χ1v) is 6.57. The molecule has 0 atom stereocenters. The van der Waals surface area contributed by atoms with E-state index >= 15 is 0 Å². The second-order valence-corrected chi connectivity index (χ2v) is 5.29. The summed E-state index contributed by atoms with van der Waals surface area (Å²) < 4.78 is 2.11. The van der Waals surface area contributed by atoms with Crippen molar-refractivity contribution in [1.29, 1.82) is 0 Å². The van der Waals surface area contributed by atoms with Crippen LogP contribution in [0.5, 0.6) is 0 Å². The molecular formula is C11H10BrN5O2. The fourth-order valence-electron chi connectivity index (χ4n) is 2.20. The van der Waals surface area contributed by atoms with Gasteiger partial charge in [-0.1, -0.05) is 0 Å². The maximum atomic E-state index is 11.5. The van der Waals surface area contributed by atoms with Gasteiger partial charge in [0.15, 0.2) is 5.54 Å². The molecule has 0 spiro atoms. The number of pyridine rings is 1. The Kier molecular flexibility index (Phi) is 2.81. The molecule has 8 heteroatoms. The predicted molar refractivity (Wildman–Crippen MR) is 68.2 cm³/mol. The van der Waals surface area contributed by atoms with Crippen LogP contribution in [0, 0.1) is 0 Å². The van der Waals surface area contributed by atoms with Crippen molar-refractivity contribution in [2.24, 2.45) is 0 Å². The lowest BCUT2D eigenvalue weighted by Gasteiger charge is -2.37. The molecule has 0 saturated heterocycles. The Morgan fingerprint density at radius 3 is 2.84 bits per heavy atom. The number of hydrogen-bond acceptors (Lipinski definition) is 5. The van der Waals surface area contributed by atoms with E-state index in [1.54, 1.807) is 12.3 Å². The first-order valence-electron chi connectivity index (χ1n) is 5.78. The molecule has 3 rings (SSSR count). The standard InChI is InChI=1S/C11H10BrN5O2/c12-7-3-1-6-13-8(7)9-14-15-16-17(9)11(10(18)19)4-2-5-11/h1,3,6H,2,4-5H2,(H,18,19). The van der Waals surface area contributed by atoms with Gasteiger partial charge in [-0.05, 0) is 57.8 Å². The first kappa shape index (κ1) is 12.2. The van der Waals surface area contributed by atoms with Crippen molar-refractivity contribution < 1.29 is 9.90 Å². The quantitative estimate of drug-likeness (QED) is 0.919. The van der Waals surface area contributed by atoms with Gasteiger partial charge in [0, 0.05) is 10.7 Å². The third-order valence-corrected chi connectivity index (χ3v) is 4.06. The highest BCUT2D eigenvalue weighted by Crippen LogP contribution is 2.41. The number of carboxylic acid groups (broad SMARTS) is 1. The molecule has 1 aliphatic carbocycles. The molecule has 0 aromatic carbocycles. The maximum absolute atomic E-state index is 11.5. The molecule has 0 aliphatic heterocycles. The van der Waals surface area contributed by atoms with Crippen LogP contribution in [-0.4, -0.2) is 36.3 Å². The van der Waals surface area contributed by atoms with E-state index in [4.69, 9.17) is 0 Å². The number of aromatic nitrogens is 5. The van der Waals surface area contributed by atoms with E-state index in [1.807, 2.05) is 6.07 Å². The number of hydrogen-bond donors (Lipinski definition) is 1. The minimum absolute atomic E-state index is 0.370. The van der Waals surface area contributed by atoms with Gasteiger partial charge in [-0.2, -0.15) is 0 Å². The summed E-state index contributed by atoms with van der Waals surface area (Å²) in [6.07, 6.45) is 3.54. The Bertz CT molecular complexity index is 638. The van der Waals surface area contributed by atoms with E-state index in [2.05, 4.69) is 36.4 Å². The number of aliphatic carboxylic acids is 1. The zero-order chi connectivity index (χ0) is 13.5. The Balaban J connectivity index is 2.14. The molecule has 2 aromatic heterocycles. The van der Waals surface area contributed by atoms with Crippen molar-refractivity contribution in [2.75, 3.05) is 0 Å². The maximum Gasteiger partial charge on any atom is 0.331 e. The zero-order valence-corrected chi connectivity index (χ0v) is 11.4. The summed E-state index contributed by atoms with van der Waals surface area (Å²) in [7, 11) is 0. The number of tetrazole rings is 1. The van der Waals surface area contributed by atoms with Gasteiger partial charge in [-0.25, -0.2) is 9.48 Å². The van der Waals surface area contributed by atoms with Gasteiger partial charge in [0.05, 0.1) is 0 Å². The summed E-state index contributed by atoms with van der Waals surface area (Å²) in [5.74, 6) is -0.533. The number of carbonyl (C=O) groups is 1. The van der Waals surface area contributed by atoms with Gasteiger partial charge in [0.2, 0.25) is 5.82 Å². The normalized spacial score (nSPS) is 16.9. The van der Waals surface area contributed by atoms with E-state index in [1.165, 1.54) is 4.68 Å². The molecule has 19 heavy (non-hydrogen) atoms. The van der Waals surface area contributed by atoms with Crippen molar-refractivity contribution in [1.82, 2.24) is 25.2 Å². The van der Waals surface area contributed by atoms with Crippen LogP contribution in [0.2, 0.25) is 0 Å². The lowest BCUT2D eigenvalue weighted by molar-refractivity contribution is -0.153. The second kappa shape index (κ2) is 4.37. The Morgan fingerprint density at radius 1 is 1.47 bits per heavy atom. The molecule has 2 heterocycles. The van der Waals surface area contributed by atoms with Crippen LogP contribution in [0.25, 0.3) is 11.5 Å². The third kappa shape index (κ3) is 1.74. The minimum Gasteiger partial charge on any atom is -0.479 e. The highest BCUT2D eigenvalue weighted by molar-refractivity contribution is 9.10. The molecule has 0 amide bonds. The lowest BCUT2D eigenvalue weighted by atomic mass is 9.77. The van der Waals surface area contributed by atoms with E-state index in [0.717, 1.165) is 10.9 Å². The minimum atomic E-state index is -1.03. The lowest BCUT2D eigenvalue weighted by Crippen LogP contribution is -2.48. The average Bonchev–Trinajstić information content (AvgIpc) is 2.77. The largest absolute Gasteiger partial charge is 0.479 e. The number of halogens is 1. The van der Waals surface area contributed by atoms with Crippen LogP contribution in [0.15, 0.2) is 22.8 Å². The fraction of sp³-hybridized carbons (Fsp3) is 0.364. The zero-order valence-electron chi connectivity index (χ0n) is 9.82. The summed E-state index contributed by atoms with van der Waals surface area (Å²) in [5, 5.41) is 20.8. The van der Waals surface area contributed by atoms with Crippen molar-refractivity contribution >= 4 is 21.9 Å². The first-order chi connectivity index (χ1) is 9.15. The van der Waals surface area contributed by atoms with Gasteiger partial charge in [0.1, 0.15) is 5.69 Å². The molecular weight excluding hydrogens is 314 g/mol. The van der Waals surface area contributed by atoms with Crippen molar-refractivity contribution in [3.63, 3.8) is 0 Å². The van der Waals surface area contributed by atoms with Gasteiger partial charge in [-0.3, -0.25) is 4.98 Å². The topological polar surface area (TPSA) is 93.8 Å². The monoisotopic (exact) mass is 323 g/mol. The highest BCUT2D eigenvalue weighted by Gasteiger charge is 2.49. The SMILES string of the molecule is O=C(O)C1(n2nnnc2-c2ncccc2Br)CCC1. The molecule has 0 bridgehead atoms. The Labute approximate surface area is 116 Å². The van der Waals surface area contributed by atoms with Gasteiger partial charge in [0.25, 0.3) is 0 Å². The molecule has 1 fully saturated rings. The van der Waals surface area contributed by atoms with Crippen molar-refractivity contribution in [3.05, 3.63) is 22.8 Å². The van der Waals surface area contributed by atoms with Crippen molar-refractivity contribution in [3.8, 4) is 11.5 Å². The summed E-state index contributed by atoms with van der Waals surface area (Å²) in [6.45, 7) is 0. The Hall–Kier alpha value is -1.83. The van der Waals surface area contributed by atoms with E-state index in [-0.39, 0.29) is 0 Å². The Morgan fingerprint density at radius 2 is 2.26 bits per heavy atom. The van der Waals surface area contributed by atoms with Crippen molar-refractivity contribution in [2.45, 2.75) is 24.8 Å². The third-order valence-electron chi connectivity index (χ3n) is 3.42. The predicted octanol–water partition coefficient (Wildman–Crippen LogP) is 1.46. The fourth-order valence-corrected chi connectivity index (χ4v) is 2.63. The molecule has 0 unspecified atom stereocenters. The van der Waals surface area contributed by atoms with Crippen LogP contribution in [0.3, 0.4) is 0 Å². The van der Waals surface area contributed by atoms with Crippen LogP contribution >= 0.6 is 15.9 Å². The number of carboxylic acids is 1. The van der Waals surface area contributed by atoms with E-state index in [0.29, 0.717) is 24.4 Å². The van der Waals surface area contributed by atoms with Gasteiger partial charge >= 0.3 is 5.97 Å². The summed E-state index contributed by atoms with van der Waals surface area (Å²) in [6, 6.07) is 3.59. The summed E-state index contributed by atoms with van der Waals surface area (Å²) >= 11 is 3.38. The van der Waals surface area contributed by atoms with Crippen LogP contribution in [-0.2, 0) is 10.3 Å². The molecule has 98 valence electrons. The average molecular weight is 324 g/mol. The molecule has 0 radical (unpaired) electrons. The van der Waals surface area contributed by atoms with Crippen LogP contribution in [0.4, 0.5) is 0 Å². The number of nitrogens with zero attached hydrogens (tertiary/aromatic N) is 5. The summed E-state index contributed by atoms with van der Waals surface area (Å²) in [4.78, 5) is 15.7. The van der Waals surface area contributed by atoms with Gasteiger partial charge in [-0.15, -0.1) is 5.10 Å². The second-order valence-electron chi connectivity index (χ2n) is 4.44. The van der Waals surface area contributed by atoms with Crippen LogP contribution < -0.4 is 0 Å². The van der Waals surface area contributed by atoms with Gasteiger partial charge < -0.3 is 5.11 Å². The molecule has 1 saturated carbocycles. The molecule has 7 nitrogen and oxygen atoms in total. The van der Waals surface area contributed by atoms with E-state index < -0.39 is 11.5 Å². The smallest absolute Gasteiger partial charge is 0.331 e. The molecule has 1 aliphatic rings. The molecule has 1 N–H and O–H groups in total. The highest BCUT2D eigenvalue weighted by atomic mass is 79.9. The van der Waals surface area contributed by atoms with E-state index in [9.17, 15) is 9.90 Å². The molecule has 2 aromatic rings. The summed E-state index contributed by atoms with van der Waals surface area (Å²) in [5.41, 5.74) is -0.490. The van der Waals surface area contributed by atoms with Crippen LogP contribution in [0.1, 0.15) is 19.3 Å². The number of rotatable bonds is 3.